The van der Waals surface area contributed by atoms with E-state index in [1.165, 1.54) is 109 Å². The molecule has 8 nitrogen and oxygen atoms in total. The predicted molar refractivity (Wildman–Crippen MR) is 272 cm³/mol. The van der Waals surface area contributed by atoms with E-state index >= 15 is 0 Å². The van der Waals surface area contributed by atoms with Crippen LogP contribution in [-0.4, -0.2) is 75.5 Å². The first-order valence-electron chi connectivity index (χ1n) is 25.9. The summed E-state index contributed by atoms with van der Waals surface area (Å²) in [5, 5.41) is 11.7. The maximum atomic E-state index is 12.8. The molecule has 0 saturated carbocycles. The van der Waals surface area contributed by atoms with Gasteiger partial charge >= 0.3 is 11.9 Å². The van der Waals surface area contributed by atoms with Crippen LogP contribution in [0.4, 0.5) is 0 Å². The minimum absolute atomic E-state index is 0.0146. The summed E-state index contributed by atoms with van der Waals surface area (Å²) in [7, 11) is 5.39. The number of hydrogen-bond acceptors (Lipinski definition) is 7. The standard InChI is InChI=1S/C57H95NO7/c1-6-8-10-12-14-16-18-20-22-24-26-27-28-30-31-33-35-37-39-41-43-45-47-55(59)64-52-53(51-63-50-49-54(57(61)62)58(3,4)5)65-56(60)48-46-44-42-40-38-36-34-32-29-25-23-21-19-17-15-13-11-9-7-2/h9,11,13,15,17,19,21,23,25,28-30,32,34,36,38,53-54H,6-8,10,12,14,16,18,20,22,24,26-27,31,33,35,37,39-52H2,1-5H3/b11-9+,15-13+,19-17+,23-21+,29-25+,30-28+,34-32+,38-36+. The fourth-order valence-corrected chi connectivity index (χ4v) is 7.17. The second kappa shape index (κ2) is 46.8. The van der Waals surface area contributed by atoms with Gasteiger partial charge in [0, 0.05) is 19.3 Å². The van der Waals surface area contributed by atoms with Crippen molar-refractivity contribution >= 4 is 17.9 Å². The van der Waals surface area contributed by atoms with E-state index in [0.717, 1.165) is 44.9 Å². The monoisotopic (exact) mass is 906 g/mol. The van der Waals surface area contributed by atoms with E-state index in [-0.39, 0.29) is 49.1 Å². The number of aliphatic carboxylic acids is 1. The molecule has 65 heavy (non-hydrogen) atoms. The largest absolute Gasteiger partial charge is 0.544 e. The molecular formula is C57H95NO7. The van der Waals surface area contributed by atoms with Gasteiger partial charge in [-0.3, -0.25) is 9.59 Å². The van der Waals surface area contributed by atoms with E-state index in [0.29, 0.717) is 12.8 Å². The van der Waals surface area contributed by atoms with Crippen LogP contribution >= 0.6 is 0 Å². The number of nitrogens with zero attached hydrogens (tertiary/aromatic N) is 1. The lowest BCUT2D eigenvalue weighted by Gasteiger charge is -2.34. The second-order valence-corrected chi connectivity index (χ2v) is 18.2. The Kier molecular flexibility index (Phi) is 44.1. The minimum Gasteiger partial charge on any atom is -0.544 e. The molecule has 0 aromatic heterocycles. The molecule has 0 N–H and O–H groups in total. The quantitative estimate of drug-likeness (QED) is 0.0197. The Morgan fingerprint density at radius 2 is 0.877 bits per heavy atom. The Hall–Kier alpha value is -3.75. The number of carbonyl (C=O) groups is 3. The number of carboxylic acid groups (broad SMARTS) is 1. The fraction of sp³-hybridized carbons (Fsp3) is 0.667. The number of carboxylic acids is 1. The van der Waals surface area contributed by atoms with Crippen LogP contribution in [0.2, 0.25) is 0 Å². The minimum atomic E-state index is -1.14. The Labute approximate surface area is 398 Å². The van der Waals surface area contributed by atoms with Crippen LogP contribution < -0.4 is 5.11 Å². The van der Waals surface area contributed by atoms with Gasteiger partial charge < -0.3 is 28.6 Å². The van der Waals surface area contributed by atoms with E-state index in [1.54, 1.807) is 21.1 Å². The average Bonchev–Trinajstić information content (AvgIpc) is 3.27. The molecule has 0 aliphatic rings. The fourth-order valence-electron chi connectivity index (χ4n) is 7.17. The lowest BCUT2D eigenvalue weighted by Crippen LogP contribution is -2.55. The maximum Gasteiger partial charge on any atom is 0.306 e. The molecule has 0 aromatic rings. The van der Waals surface area contributed by atoms with E-state index in [2.05, 4.69) is 38.2 Å². The van der Waals surface area contributed by atoms with Gasteiger partial charge in [-0.05, 0) is 57.8 Å². The molecule has 2 atom stereocenters. The number of likely N-dealkylation sites (N-methyl/N-ethyl adjacent to an activating group) is 1. The van der Waals surface area contributed by atoms with E-state index < -0.39 is 18.1 Å². The van der Waals surface area contributed by atoms with E-state index in [1.807, 2.05) is 72.9 Å². The number of rotatable bonds is 45. The highest BCUT2D eigenvalue weighted by Gasteiger charge is 2.25. The van der Waals surface area contributed by atoms with Crippen LogP contribution in [0.1, 0.15) is 194 Å². The average molecular weight is 906 g/mol. The summed E-state index contributed by atoms with van der Waals surface area (Å²) in [6, 6.07) is -0.742. The maximum absolute atomic E-state index is 12.8. The Bertz CT molecular complexity index is 1380. The topological polar surface area (TPSA) is 102 Å². The summed E-state index contributed by atoms with van der Waals surface area (Å²) in [5.41, 5.74) is 0. The number of ether oxygens (including phenoxy) is 3. The number of carbonyl (C=O) groups excluding carboxylic acids is 3. The highest BCUT2D eigenvalue weighted by molar-refractivity contribution is 5.70. The van der Waals surface area contributed by atoms with Crippen LogP contribution in [0, 0.1) is 0 Å². The SMILES string of the molecule is CC/C=C/C=C/C=C/C=C/C=C/C=C/C=C/CCCCCC(=O)OC(COCCC(C(=O)[O-])[N+](C)(C)C)COC(=O)CCCCCCCCC/C=C/CCCCCCCCCCCCC. The Morgan fingerprint density at radius 3 is 1.34 bits per heavy atom. The number of quaternary nitrogens is 1. The van der Waals surface area contributed by atoms with Crippen LogP contribution in [0.3, 0.4) is 0 Å². The van der Waals surface area contributed by atoms with Crippen molar-refractivity contribution in [3.63, 3.8) is 0 Å². The van der Waals surface area contributed by atoms with Crippen molar-refractivity contribution in [1.29, 1.82) is 0 Å². The zero-order valence-corrected chi connectivity index (χ0v) is 42.1. The normalized spacial score (nSPS) is 13.7. The molecule has 0 aliphatic heterocycles. The van der Waals surface area contributed by atoms with Gasteiger partial charge in [0.2, 0.25) is 0 Å². The van der Waals surface area contributed by atoms with Crippen molar-refractivity contribution < 1.29 is 38.2 Å². The summed E-state index contributed by atoms with van der Waals surface area (Å²) in [6.07, 6.45) is 63.0. The number of esters is 2. The Balaban J connectivity index is 4.35. The highest BCUT2D eigenvalue weighted by atomic mass is 16.6. The molecule has 370 valence electrons. The molecule has 0 spiro atoms. The third-order valence-electron chi connectivity index (χ3n) is 11.1. The molecule has 0 bridgehead atoms. The highest BCUT2D eigenvalue weighted by Crippen LogP contribution is 2.15. The molecule has 0 saturated heterocycles. The third kappa shape index (κ3) is 45.2. The summed E-state index contributed by atoms with van der Waals surface area (Å²) < 4.78 is 17.2. The third-order valence-corrected chi connectivity index (χ3v) is 11.1. The van der Waals surface area contributed by atoms with Gasteiger partial charge in [0.25, 0.3) is 0 Å². The van der Waals surface area contributed by atoms with Crippen molar-refractivity contribution in [3.8, 4) is 0 Å². The molecule has 2 unspecified atom stereocenters. The number of allylic oxidation sites excluding steroid dienone is 16. The lowest BCUT2D eigenvalue weighted by atomic mass is 10.0. The summed E-state index contributed by atoms with van der Waals surface area (Å²) >= 11 is 0. The molecule has 0 aliphatic carbocycles. The molecule has 0 rings (SSSR count). The van der Waals surface area contributed by atoms with Gasteiger partial charge in [-0.15, -0.1) is 0 Å². The molecule has 0 aromatic carbocycles. The van der Waals surface area contributed by atoms with Gasteiger partial charge in [-0.2, -0.15) is 0 Å². The summed E-state index contributed by atoms with van der Waals surface area (Å²) in [6.45, 7) is 4.46. The van der Waals surface area contributed by atoms with Crippen molar-refractivity contribution in [2.24, 2.45) is 0 Å². The van der Waals surface area contributed by atoms with Gasteiger partial charge in [0.15, 0.2) is 6.10 Å². The summed E-state index contributed by atoms with van der Waals surface area (Å²) in [4.78, 5) is 37.0. The van der Waals surface area contributed by atoms with Gasteiger partial charge in [0.1, 0.15) is 12.6 Å². The molecular weight excluding hydrogens is 811 g/mol. The van der Waals surface area contributed by atoms with E-state index in [4.69, 9.17) is 14.2 Å². The first-order chi connectivity index (χ1) is 31.6. The molecule has 0 radical (unpaired) electrons. The van der Waals surface area contributed by atoms with Crippen LogP contribution in [0.25, 0.3) is 0 Å². The zero-order chi connectivity index (χ0) is 47.7. The summed E-state index contributed by atoms with van der Waals surface area (Å²) in [5.74, 6) is -1.81. The Morgan fingerprint density at radius 1 is 0.477 bits per heavy atom. The first kappa shape index (κ1) is 61.2. The molecule has 0 amide bonds. The van der Waals surface area contributed by atoms with Crippen LogP contribution in [0.15, 0.2) is 97.2 Å². The van der Waals surface area contributed by atoms with Crippen molar-refractivity contribution in [3.05, 3.63) is 97.2 Å². The smallest absolute Gasteiger partial charge is 0.306 e. The first-order valence-corrected chi connectivity index (χ1v) is 25.9. The second-order valence-electron chi connectivity index (χ2n) is 18.2. The van der Waals surface area contributed by atoms with Gasteiger partial charge in [-0.1, -0.05) is 214 Å². The molecule has 0 fully saturated rings. The van der Waals surface area contributed by atoms with Gasteiger partial charge in [-0.25, -0.2) is 0 Å². The number of hydrogen-bond donors (Lipinski definition) is 0. The predicted octanol–water partition coefficient (Wildman–Crippen LogP) is 13.7. The lowest BCUT2D eigenvalue weighted by molar-refractivity contribution is -0.889. The van der Waals surface area contributed by atoms with Crippen molar-refractivity contribution in [2.45, 2.75) is 206 Å². The van der Waals surface area contributed by atoms with E-state index in [9.17, 15) is 19.5 Å². The molecule has 8 heteroatoms. The number of unbranched alkanes of at least 4 members (excludes halogenated alkanes) is 21. The van der Waals surface area contributed by atoms with Crippen molar-refractivity contribution in [2.75, 3.05) is 41.0 Å². The van der Waals surface area contributed by atoms with Gasteiger partial charge in [0.05, 0.1) is 40.3 Å². The molecule has 0 heterocycles. The van der Waals surface area contributed by atoms with Crippen LogP contribution in [0.5, 0.6) is 0 Å². The zero-order valence-electron chi connectivity index (χ0n) is 42.1. The van der Waals surface area contributed by atoms with Crippen molar-refractivity contribution in [1.82, 2.24) is 0 Å². The van der Waals surface area contributed by atoms with Crippen LogP contribution in [-0.2, 0) is 28.6 Å².